The molecule has 2 heterocycles. The number of benzene rings is 1. The number of aryl methyl sites for hydroxylation is 2. The van der Waals surface area contributed by atoms with Crippen molar-refractivity contribution in [3.8, 4) is 17.2 Å². The van der Waals surface area contributed by atoms with Gasteiger partial charge in [-0.1, -0.05) is 0 Å². The monoisotopic (exact) mass is 371 g/mol. The number of ether oxygens (including phenoxy) is 3. The molecule has 2 aromatic rings. The van der Waals surface area contributed by atoms with Gasteiger partial charge in [0.15, 0.2) is 17.6 Å². The lowest BCUT2D eigenvalue weighted by Gasteiger charge is -2.25. The molecule has 130 valence electrons. The molecule has 0 saturated carbocycles. The van der Waals surface area contributed by atoms with Crippen molar-refractivity contribution in [1.82, 2.24) is 0 Å². The maximum atomic E-state index is 11.4. The van der Waals surface area contributed by atoms with Crippen LogP contribution in [0.1, 0.15) is 9.75 Å². The highest BCUT2D eigenvalue weighted by Crippen LogP contribution is 2.43. The zero-order valence-electron chi connectivity index (χ0n) is 13.1. The zero-order valence-corrected chi connectivity index (χ0v) is 14.8. The lowest BCUT2D eigenvalue weighted by molar-refractivity contribution is 0.0536. The van der Waals surface area contributed by atoms with E-state index in [0.29, 0.717) is 12.4 Å². The van der Waals surface area contributed by atoms with Crippen LogP contribution in [0.15, 0.2) is 29.2 Å². The SMILES string of the molecule is Cc1sc(C)c2c1OCC(COc1ccc(S(=O)(=O)ON)cc1)O2. The van der Waals surface area contributed by atoms with Crippen LogP contribution in [0.5, 0.6) is 17.2 Å². The van der Waals surface area contributed by atoms with Crippen molar-refractivity contribution in [1.29, 1.82) is 0 Å². The molecule has 1 unspecified atom stereocenters. The summed E-state index contributed by atoms with van der Waals surface area (Å²) in [4.78, 5) is 2.13. The predicted octanol–water partition coefficient (Wildman–Crippen LogP) is 2.16. The molecule has 9 heteroatoms. The van der Waals surface area contributed by atoms with E-state index in [1.165, 1.54) is 24.3 Å². The second-order valence-corrected chi connectivity index (χ2v) is 8.26. The summed E-state index contributed by atoms with van der Waals surface area (Å²) in [5.74, 6) is 6.84. The largest absolute Gasteiger partial charge is 0.490 e. The summed E-state index contributed by atoms with van der Waals surface area (Å²) in [5, 5.41) is 0. The summed E-state index contributed by atoms with van der Waals surface area (Å²) >= 11 is 1.64. The fourth-order valence-corrected chi connectivity index (χ4v) is 3.87. The smallest absolute Gasteiger partial charge is 0.312 e. The van der Waals surface area contributed by atoms with Crippen molar-refractivity contribution in [3.05, 3.63) is 34.0 Å². The number of hydrogen-bond donors (Lipinski definition) is 1. The van der Waals surface area contributed by atoms with Gasteiger partial charge in [0, 0.05) is 9.75 Å². The van der Waals surface area contributed by atoms with Crippen LogP contribution in [0.2, 0.25) is 0 Å². The molecule has 0 saturated heterocycles. The molecule has 1 aliphatic rings. The third-order valence-corrected chi connectivity index (χ3v) is 5.61. The van der Waals surface area contributed by atoms with Crippen molar-refractivity contribution in [2.75, 3.05) is 13.2 Å². The molecule has 24 heavy (non-hydrogen) atoms. The lowest BCUT2D eigenvalue weighted by atomic mass is 10.3. The van der Waals surface area contributed by atoms with Crippen LogP contribution in [0.4, 0.5) is 0 Å². The molecular formula is C15H17NO6S2. The molecular weight excluding hydrogens is 354 g/mol. The average Bonchev–Trinajstić information content (AvgIpc) is 2.87. The van der Waals surface area contributed by atoms with Crippen molar-refractivity contribution in [2.24, 2.45) is 5.90 Å². The topological polar surface area (TPSA) is 97.1 Å². The van der Waals surface area contributed by atoms with Gasteiger partial charge in [-0.25, -0.2) is 0 Å². The van der Waals surface area contributed by atoms with Crippen molar-refractivity contribution >= 4 is 21.5 Å². The second kappa shape index (κ2) is 6.60. The standard InChI is InChI=1S/C15H17NO6S2/c1-9-14-15(10(2)23-9)21-12(8-20-14)7-19-11-3-5-13(6-4-11)24(17,18)22-16/h3-6,12H,7-8,16H2,1-2H3. The van der Waals surface area contributed by atoms with Crippen molar-refractivity contribution in [2.45, 2.75) is 24.8 Å². The van der Waals surface area contributed by atoms with E-state index in [0.717, 1.165) is 21.3 Å². The molecule has 0 bridgehead atoms. The van der Waals surface area contributed by atoms with Crippen molar-refractivity contribution in [3.63, 3.8) is 0 Å². The Balaban J connectivity index is 1.62. The Labute approximate surface area is 144 Å². The molecule has 0 radical (unpaired) electrons. The van der Waals surface area contributed by atoms with Crippen LogP contribution >= 0.6 is 11.3 Å². The fraction of sp³-hybridized carbons (Fsp3) is 0.333. The van der Waals surface area contributed by atoms with Gasteiger partial charge < -0.3 is 14.2 Å². The lowest BCUT2D eigenvalue weighted by Crippen LogP contribution is -2.34. The van der Waals surface area contributed by atoms with E-state index in [2.05, 4.69) is 4.28 Å². The number of hydrogen-bond acceptors (Lipinski definition) is 8. The third-order valence-electron chi connectivity index (χ3n) is 3.52. The number of nitrogens with two attached hydrogens (primary N) is 1. The highest BCUT2D eigenvalue weighted by Gasteiger charge is 2.26. The molecule has 0 fully saturated rings. The Morgan fingerprint density at radius 2 is 1.88 bits per heavy atom. The Bertz CT molecular complexity index is 828. The average molecular weight is 371 g/mol. The van der Waals surface area contributed by atoms with Crippen LogP contribution in [-0.2, 0) is 14.4 Å². The summed E-state index contributed by atoms with van der Waals surface area (Å²) in [7, 11) is -3.91. The van der Waals surface area contributed by atoms with Gasteiger partial charge in [0.25, 0.3) is 0 Å². The molecule has 0 aliphatic carbocycles. The quantitative estimate of drug-likeness (QED) is 0.804. The Hall–Kier alpha value is -1.81. The van der Waals surface area contributed by atoms with Crippen molar-refractivity contribution < 1.29 is 26.9 Å². The number of rotatable bonds is 5. The van der Waals surface area contributed by atoms with Crippen LogP contribution in [0.25, 0.3) is 0 Å². The minimum Gasteiger partial charge on any atom is -0.490 e. The van der Waals surface area contributed by atoms with Crippen LogP contribution in [0.3, 0.4) is 0 Å². The molecule has 0 amide bonds. The first-order valence-electron chi connectivity index (χ1n) is 7.16. The predicted molar refractivity (Wildman–Crippen MR) is 88.1 cm³/mol. The highest BCUT2D eigenvalue weighted by molar-refractivity contribution is 7.86. The third kappa shape index (κ3) is 3.34. The summed E-state index contributed by atoms with van der Waals surface area (Å²) in [6.45, 7) is 4.67. The normalized spacial score (nSPS) is 16.9. The molecule has 2 N–H and O–H groups in total. The maximum Gasteiger partial charge on any atom is 0.312 e. The molecule has 1 aromatic carbocycles. The Morgan fingerprint density at radius 3 is 2.54 bits per heavy atom. The van der Waals surface area contributed by atoms with E-state index in [4.69, 9.17) is 20.1 Å². The Morgan fingerprint density at radius 1 is 1.21 bits per heavy atom. The van der Waals surface area contributed by atoms with Gasteiger partial charge in [-0.15, -0.1) is 11.3 Å². The van der Waals surface area contributed by atoms with Gasteiger partial charge in [0.1, 0.15) is 19.0 Å². The van der Waals surface area contributed by atoms with Crippen LogP contribution < -0.4 is 20.1 Å². The molecule has 0 spiro atoms. The van der Waals surface area contributed by atoms with Gasteiger partial charge in [-0.05, 0) is 38.1 Å². The molecule has 7 nitrogen and oxygen atoms in total. The summed E-state index contributed by atoms with van der Waals surface area (Å²) in [5.41, 5.74) is 0. The highest BCUT2D eigenvalue weighted by atomic mass is 32.2. The minimum absolute atomic E-state index is 0.0383. The van der Waals surface area contributed by atoms with Crippen LogP contribution in [-0.4, -0.2) is 27.7 Å². The molecule has 1 aliphatic heterocycles. The van der Waals surface area contributed by atoms with E-state index in [1.807, 2.05) is 13.8 Å². The first-order chi connectivity index (χ1) is 11.4. The first kappa shape index (κ1) is 17.0. The van der Waals surface area contributed by atoms with E-state index < -0.39 is 10.1 Å². The fourth-order valence-electron chi connectivity index (χ4n) is 2.35. The number of fused-ring (bicyclic) bond motifs is 1. The van der Waals surface area contributed by atoms with E-state index in [9.17, 15) is 8.42 Å². The van der Waals surface area contributed by atoms with Gasteiger partial charge in [-0.2, -0.15) is 18.6 Å². The van der Waals surface area contributed by atoms with E-state index in [-0.39, 0.29) is 17.6 Å². The van der Waals surface area contributed by atoms with Gasteiger partial charge in [0.2, 0.25) is 0 Å². The Kier molecular flexibility index (Phi) is 4.68. The molecule has 3 rings (SSSR count). The molecule has 1 atom stereocenters. The van der Waals surface area contributed by atoms with E-state index in [1.54, 1.807) is 11.3 Å². The van der Waals surface area contributed by atoms with Gasteiger partial charge in [0.05, 0.1) is 4.90 Å². The summed E-state index contributed by atoms with van der Waals surface area (Å²) in [6, 6.07) is 5.78. The summed E-state index contributed by atoms with van der Waals surface area (Å²) < 4.78 is 44.2. The van der Waals surface area contributed by atoms with Crippen LogP contribution in [0, 0.1) is 13.8 Å². The molecule has 1 aromatic heterocycles. The summed E-state index contributed by atoms with van der Waals surface area (Å²) in [6.07, 6.45) is -0.235. The van der Waals surface area contributed by atoms with E-state index >= 15 is 0 Å². The minimum atomic E-state index is -3.91. The van der Waals surface area contributed by atoms with Gasteiger partial charge in [-0.3, -0.25) is 0 Å². The number of thiophene rings is 1. The van der Waals surface area contributed by atoms with Gasteiger partial charge >= 0.3 is 10.1 Å². The second-order valence-electron chi connectivity index (χ2n) is 5.26. The zero-order chi connectivity index (χ0) is 17.3. The maximum absolute atomic E-state index is 11.4. The first-order valence-corrected chi connectivity index (χ1v) is 9.39.